The van der Waals surface area contributed by atoms with E-state index in [4.69, 9.17) is 0 Å². The van der Waals surface area contributed by atoms with Gasteiger partial charge >= 0.3 is 0 Å². The number of thiazole rings is 1. The molecule has 0 spiro atoms. The van der Waals surface area contributed by atoms with Gasteiger partial charge in [0.1, 0.15) is 5.01 Å². The first-order chi connectivity index (χ1) is 12.7. The van der Waals surface area contributed by atoms with Gasteiger partial charge in [0.25, 0.3) is 0 Å². The fraction of sp³-hybridized carbons (Fsp3) is 0.222. The summed E-state index contributed by atoms with van der Waals surface area (Å²) in [6.45, 7) is 1.66. The van der Waals surface area contributed by atoms with E-state index in [1.54, 1.807) is 13.0 Å². The smallest absolute Gasteiger partial charge is 0.227 e. The zero-order valence-corrected chi connectivity index (χ0v) is 15.0. The number of hydrogen-bond donors (Lipinski definition) is 0. The van der Waals surface area contributed by atoms with Gasteiger partial charge in [0.2, 0.25) is 11.7 Å². The lowest BCUT2D eigenvalue weighted by Crippen LogP contribution is -2.31. The van der Waals surface area contributed by atoms with Crippen LogP contribution in [0.2, 0.25) is 0 Å². The summed E-state index contributed by atoms with van der Waals surface area (Å²) in [5, 5.41) is 0.587. The number of nitrogens with zero attached hydrogens (tertiary/aromatic N) is 2. The van der Waals surface area contributed by atoms with Crippen molar-refractivity contribution in [3.05, 3.63) is 63.9 Å². The molecule has 9 heteroatoms. The molecule has 1 atom stereocenters. The Labute approximate surface area is 155 Å². The van der Waals surface area contributed by atoms with Crippen LogP contribution in [0.4, 0.5) is 22.0 Å². The minimum atomic E-state index is -2.25. The van der Waals surface area contributed by atoms with Gasteiger partial charge in [0.05, 0.1) is 22.7 Å². The number of aromatic nitrogens is 1. The molecule has 1 amide bonds. The van der Waals surface area contributed by atoms with Crippen LogP contribution in [-0.2, 0) is 11.2 Å². The normalized spacial score (nSPS) is 12.4. The minimum Gasteiger partial charge on any atom is -0.336 e. The standard InChI is InChI=1S/C18H13F5N2OS/c1-8(18-24-10-5-3-4-6-11(10)27-18)25(2)12(26)7-9-13(19)15(21)17(23)16(22)14(9)20/h3-6,8H,7H2,1-2H3. The van der Waals surface area contributed by atoms with Crippen LogP contribution < -0.4 is 0 Å². The third-order valence-corrected chi connectivity index (χ3v) is 5.48. The zero-order chi connectivity index (χ0) is 19.9. The van der Waals surface area contributed by atoms with Crippen LogP contribution >= 0.6 is 11.3 Å². The Morgan fingerprint density at radius 3 is 2.19 bits per heavy atom. The Morgan fingerprint density at radius 2 is 1.59 bits per heavy atom. The number of halogens is 5. The molecule has 0 radical (unpaired) electrons. The number of carbonyl (C=O) groups excluding carboxylic acids is 1. The number of para-hydroxylation sites is 1. The van der Waals surface area contributed by atoms with Gasteiger partial charge in [-0.1, -0.05) is 12.1 Å². The maximum Gasteiger partial charge on any atom is 0.227 e. The summed E-state index contributed by atoms with van der Waals surface area (Å²) in [5.74, 6) is -11.2. The summed E-state index contributed by atoms with van der Waals surface area (Å²) in [6.07, 6.45) is -0.961. The SMILES string of the molecule is CC(c1nc2ccccc2s1)N(C)C(=O)Cc1c(F)c(F)c(F)c(F)c1F. The molecule has 3 rings (SSSR count). The quantitative estimate of drug-likeness (QED) is 0.360. The van der Waals surface area contributed by atoms with E-state index in [0.717, 1.165) is 15.1 Å². The van der Waals surface area contributed by atoms with Crippen molar-refractivity contribution in [2.24, 2.45) is 0 Å². The summed E-state index contributed by atoms with van der Waals surface area (Å²) in [7, 11) is 1.38. The molecule has 0 aliphatic carbocycles. The molecule has 1 aromatic heterocycles. The minimum absolute atomic E-state index is 0.545. The fourth-order valence-electron chi connectivity index (χ4n) is 2.53. The maximum atomic E-state index is 13.8. The lowest BCUT2D eigenvalue weighted by Gasteiger charge is -2.23. The first-order valence-corrected chi connectivity index (χ1v) is 8.65. The summed E-state index contributed by atoms with van der Waals surface area (Å²) < 4.78 is 68.2. The van der Waals surface area contributed by atoms with Crippen LogP contribution in [-0.4, -0.2) is 22.8 Å². The third-order valence-electron chi connectivity index (χ3n) is 4.27. The van der Waals surface area contributed by atoms with Crippen LogP contribution in [0.25, 0.3) is 10.2 Å². The van der Waals surface area contributed by atoms with Gasteiger partial charge in [-0.15, -0.1) is 11.3 Å². The number of hydrogen-bond acceptors (Lipinski definition) is 3. The molecule has 3 aromatic rings. The van der Waals surface area contributed by atoms with Crippen LogP contribution in [0.1, 0.15) is 23.5 Å². The summed E-state index contributed by atoms with van der Waals surface area (Å²) in [4.78, 5) is 18.0. The van der Waals surface area contributed by atoms with Crippen LogP contribution in [0.3, 0.4) is 0 Å². The number of fused-ring (bicyclic) bond motifs is 1. The first kappa shape index (κ1) is 19.2. The highest BCUT2D eigenvalue weighted by Crippen LogP contribution is 2.30. The zero-order valence-electron chi connectivity index (χ0n) is 14.2. The number of amides is 1. The first-order valence-electron chi connectivity index (χ1n) is 7.83. The Kier molecular flexibility index (Phi) is 5.14. The van der Waals surface area contributed by atoms with Crippen molar-refractivity contribution in [3.63, 3.8) is 0 Å². The second kappa shape index (κ2) is 7.22. The summed E-state index contributed by atoms with van der Waals surface area (Å²) >= 11 is 1.35. The molecule has 3 nitrogen and oxygen atoms in total. The maximum absolute atomic E-state index is 13.8. The lowest BCUT2D eigenvalue weighted by atomic mass is 10.1. The average Bonchev–Trinajstić information content (AvgIpc) is 3.11. The Balaban J connectivity index is 1.86. The van der Waals surface area contributed by atoms with Crippen LogP contribution in [0.15, 0.2) is 24.3 Å². The topological polar surface area (TPSA) is 33.2 Å². The van der Waals surface area contributed by atoms with E-state index in [1.807, 2.05) is 18.2 Å². The molecule has 27 heavy (non-hydrogen) atoms. The number of carbonyl (C=O) groups is 1. The van der Waals surface area contributed by atoms with E-state index in [9.17, 15) is 26.7 Å². The average molecular weight is 400 g/mol. The molecular formula is C18H13F5N2OS. The predicted octanol–water partition coefficient (Wildman–Crippen LogP) is 4.75. The second-order valence-corrected chi connectivity index (χ2v) is 6.99. The number of benzene rings is 2. The molecule has 0 aliphatic heterocycles. The van der Waals surface area contributed by atoms with Crippen molar-refractivity contribution in [1.82, 2.24) is 9.88 Å². The highest BCUT2D eigenvalue weighted by Gasteiger charge is 2.29. The molecule has 0 fully saturated rings. The van der Waals surface area contributed by atoms with E-state index >= 15 is 0 Å². The van der Waals surface area contributed by atoms with E-state index in [0.29, 0.717) is 5.01 Å². The lowest BCUT2D eigenvalue weighted by molar-refractivity contribution is -0.131. The van der Waals surface area contributed by atoms with Gasteiger partial charge in [-0.2, -0.15) is 0 Å². The van der Waals surface area contributed by atoms with Crippen LogP contribution in [0, 0.1) is 29.1 Å². The van der Waals surface area contributed by atoms with Crippen molar-refractivity contribution in [2.45, 2.75) is 19.4 Å². The molecule has 2 aromatic carbocycles. The monoisotopic (exact) mass is 400 g/mol. The van der Waals surface area contributed by atoms with Crippen molar-refractivity contribution < 1.29 is 26.7 Å². The molecule has 1 unspecified atom stereocenters. The largest absolute Gasteiger partial charge is 0.336 e. The highest BCUT2D eigenvalue weighted by molar-refractivity contribution is 7.18. The Morgan fingerprint density at radius 1 is 1.04 bits per heavy atom. The van der Waals surface area contributed by atoms with E-state index in [-0.39, 0.29) is 0 Å². The predicted molar refractivity (Wildman–Crippen MR) is 90.7 cm³/mol. The Hall–Kier alpha value is -2.55. The summed E-state index contributed by atoms with van der Waals surface area (Å²) in [6, 6.07) is 6.77. The van der Waals surface area contributed by atoms with Gasteiger partial charge in [0, 0.05) is 12.6 Å². The molecule has 0 N–H and O–H groups in total. The fourth-order valence-corrected chi connectivity index (χ4v) is 3.59. The number of likely N-dealkylation sites (N-methyl/N-ethyl adjacent to an activating group) is 1. The van der Waals surface area contributed by atoms with Crippen molar-refractivity contribution in [1.29, 1.82) is 0 Å². The van der Waals surface area contributed by atoms with Gasteiger partial charge in [-0.25, -0.2) is 26.9 Å². The third kappa shape index (κ3) is 3.39. The molecule has 0 saturated heterocycles. The molecule has 0 aliphatic rings. The molecule has 1 heterocycles. The Bertz CT molecular complexity index is 974. The van der Waals surface area contributed by atoms with Crippen LogP contribution in [0.5, 0.6) is 0 Å². The van der Waals surface area contributed by atoms with Gasteiger partial charge in [0.15, 0.2) is 23.3 Å². The van der Waals surface area contributed by atoms with E-state index in [2.05, 4.69) is 4.98 Å². The molecule has 0 bridgehead atoms. The van der Waals surface area contributed by atoms with Crippen molar-refractivity contribution >= 4 is 27.5 Å². The van der Waals surface area contributed by atoms with Gasteiger partial charge in [-0.05, 0) is 19.1 Å². The van der Waals surface area contributed by atoms with Crippen molar-refractivity contribution in [2.75, 3.05) is 7.05 Å². The molecule has 142 valence electrons. The highest BCUT2D eigenvalue weighted by atomic mass is 32.1. The number of rotatable bonds is 4. The van der Waals surface area contributed by atoms with Gasteiger partial charge < -0.3 is 4.90 Å². The van der Waals surface area contributed by atoms with E-state index < -0.39 is 53.0 Å². The van der Waals surface area contributed by atoms with Crippen molar-refractivity contribution in [3.8, 4) is 0 Å². The van der Waals surface area contributed by atoms with E-state index in [1.165, 1.54) is 18.4 Å². The molecule has 0 saturated carbocycles. The van der Waals surface area contributed by atoms with Gasteiger partial charge in [-0.3, -0.25) is 4.79 Å². The second-order valence-electron chi connectivity index (χ2n) is 5.93. The molecular weight excluding hydrogens is 387 g/mol. The summed E-state index contributed by atoms with van der Waals surface area (Å²) in [5.41, 5.74) is -0.412.